The second-order valence-corrected chi connectivity index (χ2v) is 8.28. The van der Waals surface area contributed by atoms with Crippen molar-refractivity contribution in [3.63, 3.8) is 0 Å². The lowest BCUT2D eigenvalue weighted by Crippen LogP contribution is -2.38. The molecule has 0 N–H and O–H groups in total. The Hall–Kier alpha value is -2.68. The Morgan fingerprint density at radius 3 is 2.25 bits per heavy atom. The van der Waals surface area contributed by atoms with Crippen molar-refractivity contribution >= 4 is 6.72 Å². The van der Waals surface area contributed by atoms with Crippen molar-refractivity contribution < 1.29 is 27.0 Å². The van der Waals surface area contributed by atoms with Crippen LogP contribution in [0, 0.1) is 5.82 Å². The smallest absolute Gasteiger partial charge is 0.423 e. The second kappa shape index (κ2) is 8.69. The highest BCUT2D eigenvalue weighted by molar-refractivity contribution is 5.34. The third-order valence-electron chi connectivity index (χ3n) is 6.29. The lowest BCUT2D eigenvalue weighted by atomic mass is 9.78. The van der Waals surface area contributed by atoms with Crippen molar-refractivity contribution in [2.45, 2.75) is 62.4 Å². The summed E-state index contributed by atoms with van der Waals surface area (Å²) in [7, 11) is 1.59. The van der Waals surface area contributed by atoms with Crippen LogP contribution in [-0.4, -0.2) is 24.5 Å². The van der Waals surface area contributed by atoms with E-state index in [4.69, 9.17) is 9.47 Å². The molecule has 1 aromatic heterocycles. The highest BCUT2D eigenvalue weighted by Gasteiger charge is 2.42. The Morgan fingerprint density at radius 2 is 1.72 bits per heavy atom. The fourth-order valence-electron chi connectivity index (χ4n) is 4.44. The fourth-order valence-corrected chi connectivity index (χ4v) is 4.44. The third kappa shape index (κ3) is 4.44. The number of pyridine rings is 1. The number of hydrogen-bond acceptors (Lipinski definition) is 4. The Bertz CT molecular complexity index is 1030. The van der Waals surface area contributed by atoms with Crippen LogP contribution >= 0.6 is 0 Å². The molecule has 1 aromatic carbocycles. The van der Waals surface area contributed by atoms with Gasteiger partial charge in [0.15, 0.2) is 5.49 Å². The molecule has 5 nitrogen and oxygen atoms in total. The maximum absolute atomic E-state index is 14.0. The maximum atomic E-state index is 14.0. The van der Waals surface area contributed by atoms with Gasteiger partial charge in [-0.2, -0.15) is 18.3 Å². The van der Waals surface area contributed by atoms with E-state index in [0.717, 1.165) is 18.4 Å². The standard InChI is InChI=1S/C23H25F4N3O2/c1-28-29-21-20(23(25,26)27)19(11-14-30(21)17-7-8-17)32-18-9-12-22(31-2,13-10-18)15-3-5-16(24)6-4-15/h3-6,11,14,17-18H,1,7-10,12-13H2,2H3/b29-21-. The molecule has 32 heavy (non-hydrogen) atoms. The Balaban J connectivity index is 1.59. The van der Waals surface area contributed by atoms with E-state index in [-0.39, 0.29) is 23.1 Å². The van der Waals surface area contributed by atoms with Crippen LogP contribution in [0.2, 0.25) is 0 Å². The lowest BCUT2D eigenvalue weighted by Gasteiger charge is -2.39. The molecule has 0 aliphatic heterocycles. The van der Waals surface area contributed by atoms with Gasteiger partial charge in [0.1, 0.15) is 17.1 Å². The van der Waals surface area contributed by atoms with Crippen molar-refractivity contribution in [1.29, 1.82) is 0 Å². The second-order valence-electron chi connectivity index (χ2n) is 8.28. The normalized spacial score (nSPS) is 24.4. The minimum absolute atomic E-state index is 0.0154. The molecule has 0 spiro atoms. The van der Waals surface area contributed by atoms with E-state index in [1.807, 2.05) is 0 Å². The quantitative estimate of drug-likeness (QED) is 0.337. The average Bonchev–Trinajstić information content (AvgIpc) is 3.60. The third-order valence-corrected chi connectivity index (χ3v) is 6.29. The number of benzene rings is 1. The van der Waals surface area contributed by atoms with E-state index in [1.165, 1.54) is 22.8 Å². The van der Waals surface area contributed by atoms with Crippen LogP contribution in [0.3, 0.4) is 0 Å². The Labute approximate surface area is 183 Å². The number of aromatic nitrogens is 1. The minimum Gasteiger partial charge on any atom is -0.490 e. The molecule has 0 radical (unpaired) electrons. The summed E-state index contributed by atoms with van der Waals surface area (Å²) in [6.45, 7) is 3.23. The summed E-state index contributed by atoms with van der Waals surface area (Å²) < 4.78 is 68.5. The van der Waals surface area contributed by atoms with Crippen molar-refractivity contribution in [2.24, 2.45) is 10.2 Å². The van der Waals surface area contributed by atoms with Gasteiger partial charge < -0.3 is 14.0 Å². The van der Waals surface area contributed by atoms with Crippen molar-refractivity contribution in [3.05, 3.63) is 59.0 Å². The highest BCUT2D eigenvalue weighted by Crippen LogP contribution is 2.43. The molecule has 2 aliphatic carbocycles. The molecule has 9 heteroatoms. The van der Waals surface area contributed by atoms with Crippen LogP contribution in [0.15, 0.2) is 46.7 Å². The number of nitrogens with zero attached hydrogens (tertiary/aromatic N) is 3. The van der Waals surface area contributed by atoms with Crippen LogP contribution in [0.5, 0.6) is 5.75 Å². The van der Waals surface area contributed by atoms with E-state index in [1.54, 1.807) is 25.4 Å². The van der Waals surface area contributed by atoms with Crippen LogP contribution in [0.4, 0.5) is 17.6 Å². The zero-order chi connectivity index (χ0) is 22.9. The van der Waals surface area contributed by atoms with Gasteiger partial charge in [-0.05, 0) is 62.3 Å². The SMILES string of the molecule is C=N/N=c1/c(C(F)(F)F)c(OC2CCC(OC)(c3ccc(F)cc3)CC2)ccn1C1CC1. The predicted octanol–water partition coefficient (Wildman–Crippen LogP) is 5.36. The van der Waals surface area contributed by atoms with Gasteiger partial charge in [-0.15, -0.1) is 5.10 Å². The summed E-state index contributed by atoms with van der Waals surface area (Å²) in [5.74, 6) is -0.590. The first-order valence-electron chi connectivity index (χ1n) is 10.6. The minimum atomic E-state index is -4.66. The van der Waals surface area contributed by atoms with E-state index in [0.29, 0.717) is 25.7 Å². The van der Waals surface area contributed by atoms with Crippen LogP contribution in [0.25, 0.3) is 0 Å². The van der Waals surface area contributed by atoms with E-state index in [9.17, 15) is 17.6 Å². The summed E-state index contributed by atoms with van der Waals surface area (Å²) in [5.41, 5.74) is -0.972. The maximum Gasteiger partial charge on any atom is 0.423 e. The van der Waals surface area contributed by atoms with E-state index < -0.39 is 23.4 Å². The van der Waals surface area contributed by atoms with E-state index >= 15 is 0 Å². The first-order chi connectivity index (χ1) is 15.3. The molecule has 2 fully saturated rings. The number of ether oxygens (including phenoxy) is 2. The largest absolute Gasteiger partial charge is 0.490 e. The molecule has 0 unspecified atom stereocenters. The van der Waals surface area contributed by atoms with Gasteiger partial charge in [0.2, 0.25) is 0 Å². The van der Waals surface area contributed by atoms with Gasteiger partial charge in [0, 0.05) is 26.1 Å². The molecule has 0 amide bonds. The fraction of sp³-hybridized carbons (Fsp3) is 0.478. The van der Waals surface area contributed by atoms with Gasteiger partial charge >= 0.3 is 6.18 Å². The number of alkyl halides is 3. The predicted molar refractivity (Wildman–Crippen MR) is 111 cm³/mol. The summed E-state index contributed by atoms with van der Waals surface area (Å²) in [6, 6.07) is 7.48. The number of halogens is 4. The summed E-state index contributed by atoms with van der Waals surface area (Å²) in [5, 5.41) is 7.06. The van der Waals surface area contributed by atoms with Crippen molar-refractivity contribution in [3.8, 4) is 5.75 Å². The molecule has 2 aromatic rings. The Kier molecular flexibility index (Phi) is 6.11. The molecule has 0 saturated heterocycles. The van der Waals surface area contributed by atoms with Gasteiger partial charge in [-0.1, -0.05) is 12.1 Å². The first-order valence-corrected chi connectivity index (χ1v) is 10.6. The van der Waals surface area contributed by atoms with Crippen LogP contribution in [-0.2, 0) is 16.5 Å². The summed E-state index contributed by atoms with van der Waals surface area (Å²) in [6.07, 6.45) is 0.172. The zero-order valence-electron chi connectivity index (χ0n) is 17.7. The molecule has 0 bridgehead atoms. The number of hydrogen-bond donors (Lipinski definition) is 0. The molecule has 2 saturated carbocycles. The van der Waals surface area contributed by atoms with Gasteiger partial charge in [-0.3, -0.25) is 0 Å². The molecular formula is C23H25F4N3O2. The number of rotatable bonds is 6. The zero-order valence-corrected chi connectivity index (χ0v) is 17.7. The first kappa shape index (κ1) is 22.5. The van der Waals surface area contributed by atoms with Gasteiger partial charge in [-0.25, -0.2) is 4.39 Å². The average molecular weight is 451 g/mol. The van der Waals surface area contributed by atoms with Crippen molar-refractivity contribution in [2.75, 3.05) is 7.11 Å². The molecular weight excluding hydrogens is 426 g/mol. The topological polar surface area (TPSA) is 48.1 Å². The van der Waals surface area contributed by atoms with Gasteiger partial charge in [0.05, 0.1) is 11.7 Å². The van der Waals surface area contributed by atoms with Gasteiger partial charge in [0.25, 0.3) is 0 Å². The Morgan fingerprint density at radius 1 is 1.06 bits per heavy atom. The molecule has 2 aliphatic rings. The van der Waals surface area contributed by atoms with Crippen LogP contribution in [0.1, 0.15) is 55.7 Å². The number of methoxy groups -OCH3 is 1. The highest BCUT2D eigenvalue weighted by atomic mass is 19.4. The monoisotopic (exact) mass is 451 g/mol. The molecule has 0 atom stereocenters. The van der Waals surface area contributed by atoms with E-state index in [2.05, 4.69) is 16.9 Å². The van der Waals surface area contributed by atoms with Crippen LogP contribution < -0.4 is 10.2 Å². The molecule has 172 valence electrons. The summed E-state index contributed by atoms with van der Waals surface area (Å²) in [4.78, 5) is 0. The lowest BCUT2D eigenvalue weighted by molar-refractivity contribution is -0.141. The summed E-state index contributed by atoms with van der Waals surface area (Å²) >= 11 is 0. The molecule has 4 rings (SSSR count). The van der Waals surface area contributed by atoms with Crippen molar-refractivity contribution in [1.82, 2.24) is 4.57 Å². The molecule has 1 heterocycles.